The van der Waals surface area contributed by atoms with Crippen LogP contribution >= 0.6 is 0 Å². The molecule has 3 rings (SSSR count). The highest BCUT2D eigenvalue weighted by atomic mass is 16.4. The zero-order chi connectivity index (χ0) is 15.5. The van der Waals surface area contributed by atoms with Crippen LogP contribution in [0.1, 0.15) is 15.9 Å². The van der Waals surface area contributed by atoms with Crippen LogP contribution in [0.25, 0.3) is 22.9 Å². The zero-order valence-corrected chi connectivity index (χ0v) is 11.6. The van der Waals surface area contributed by atoms with E-state index >= 15 is 0 Å². The molecule has 0 amide bonds. The topological polar surface area (TPSA) is 76.2 Å². The van der Waals surface area contributed by atoms with Crippen molar-refractivity contribution in [3.63, 3.8) is 0 Å². The number of carbonyl (C=O) groups is 1. The maximum atomic E-state index is 11.0. The first-order chi connectivity index (χ1) is 10.7. The number of aromatic nitrogens is 2. The first kappa shape index (κ1) is 14.1. The number of hydrogen-bond donors (Lipinski definition) is 1. The fourth-order valence-electron chi connectivity index (χ4n) is 2.03. The van der Waals surface area contributed by atoms with E-state index in [9.17, 15) is 4.79 Å². The van der Waals surface area contributed by atoms with Gasteiger partial charge in [0.15, 0.2) is 0 Å². The van der Waals surface area contributed by atoms with E-state index in [1.807, 2.05) is 24.3 Å². The van der Waals surface area contributed by atoms with Gasteiger partial charge in [0.2, 0.25) is 11.8 Å². The van der Waals surface area contributed by atoms with Crippen LogP contribution in [0.3, 0.4) is 0 Å². The number of nitrogens with zero attached hydrogens (tertiary/aromatic N) is 2. The lowest BCUT2D eigenvalue weighted by Gasteiger charge is -1.99. The molecule has 22 heavy (non-hydrogen) atoms. The summed E-state index contributed by atoms with van der Waals surface area (Å²) in [6.45, 7) is 0. The third-order valence-electron chi connectivity index (χ3n) is 3.22. The van der Waals surface area contributed by atoms with Gasteiger partial charge in [-0.1, -0.05) is 30.1 Å². The monoisotopic (exact) mass is 290 g/mol. The molecule has 1 aromatic heterocycles. The van der Waals surface area contributed by atoms with Gasteiger partial charge in [0.05, 0.1) is 13.4 Å². The van der Waals surface area contributed by atoms with Crippen LogP contribution in [0.15, 0.2) is 52.9 Å². The van der Waals surface area contributed by atoms with Crippen LogP contribution in [0.5, 0.6) is 0 Å². The molecular weight excluding hydrogens is 279 g/mol. The molecule has 0 aliphatic carbocycles. The van der Waals surface area contributed by atoms with Gasteiger partial charge >= 0.3 is 5.97 Å². The molecule has 0 bridgehead atoms. The van der Waals surface area contributed by atoms with Gasteiger partial charge in [-0.15, -0.1) is 10.2 Å². The van der Waals surface area contributed by atoms with Crippen molar-refractivity contribution in [3.05, 3.63) is 59.7 Å². The Morgan fingerprint density at radius 2 is 1.73 bits per heavy atom. The third-order valence-corrected chi connectivity index (χ3v) is 3.22. The quantitative estimate of drug-likeness (QED) is 0.748. The molecule has 2 radical (unpaired) electrons. The molecule has 5 nitrogen and oxygen atoms in total. The van der Waals surface area contributed by atoms with Gasteiger partial charge in [-0.2, -0.15) is 0 Å². The van der Waals surface area contributed by atoms with E-state index in [1.165, 1.54) is 12.1 Å². The summed E-state index contributed by atoms with van der Waals surface area (Å²) in [5.74, 6) is -0.348. The van der Waals surface area contributed by atoms with Gasteiger partial charge in [0.1, 0.15) is 0 Å². The molecule has 0 saturated heterocycles. The van der Waals surface area contributed by atoms with Crippen molar-refractivity contribution in [3.8, 4) is 22.9 Å². The van der Waals surface area contributed by atoms with E-state index in [2.05, 4.69) is 10.2 Å². The van der Waals surface area contributed by atoms with Crippen molar-refractivity contribution in [2.75, 3.05) is 0 Å². The van der Waals surface area contributed by atoms with Crippen LogP contribution in [0.4, 0.5) is 0 Å². The number of rotatable bonds is 4. The molecule has 6 heteroatoms. The second-order valence-electron chi connectivity index (χ2n) is 4.70. The molecular formula is C16H11BN2O3. The number of aromatic carboxylic acids is 1. The summed E-state index contributed by atoms with van der Waals surface area (Å²) in [7, 11) is 5.56. The lowest BCUT2D eigenvalue weighted by molar-refractivity contribution is 0.0697. The second kappa shape index (κ2) is 5.85. The molecule has 0 saturated carbocycles. The summed E-state index contributed by atoms with van der Waals surface area (Å²) in [6, 6.07) is 13.9. The van der Waals surface area contributed by atoms with E-state index < -0.39 is 5.97 Å². The first-order valence-electron chi connectivity index (χ1n) is 6.64. The maximum Gasteiger partial charge on any atom is 0.335 e. The van der Waals surface area contributed by atoms with Crippen molar-refractivity contribution >= 4 is 13.8 Å². The van der Waals surface area contributed by atoms with Crippen LogP contribution in [0, 0.1) is 0 Å². The smallest absolute Gasteiger partial charge is 0.335 e. The van der Waals surface area contributed by atoms with E-state index in [4.69, 9.17) is 17.4 Å². The highest BCUT2D eigenvalue weighted by molar-refractivity contribution is 6.08. The van der Waals surface area contributed by atoms with Gasteiger partial charge in [0, 0.05) is 11.1 Å². The molecule has 3 aromatic rings. The van der Waals surface area contributed by atoms with Crippen molar-refractivity contribution < 1.29 is 14.3 Å². The van der Waals surface area contributed by atoms with Crippen LogP contribution in [-0.4, -0.2) is 29.1 Å². The summed E-state index contributed by atoms with van der Waals surface area (Å²) >= 11 is 0. The summed E-state index contributed by atoms with van der Waals surface area (Å²) in [5.41, 5.74) is 2.53. The van der Waals surface area contributed by atoms with Gasteiger partial charge in [-0.25, -0.2) is 4.79 Å². The normalized spacial score (nSPS) is 10.5. The molecule has 1 N–H and O–H groups in total. The lowest BCUT2D eigenvalue weighted by atomic mass is 9.96. The first-order valence-corrected chi connectivity index (χ1v) is 6.64. The molecule has 2 aromatic carbocycles. The Kier molecular flexibility index (Phi) is 3.74. The minimum Gasteiger partial charge on any atom is -0.478 e. The summed E-state index contributed by atoms with van der Waals surface area (Å²) < 4.78 is 5.62. The Balaban J connectivity index is 1.93. The molecule has 0 aliphatic rings. The van der Waals surface area contributed by atoms with Gasteiger partial charge in [-0.3, -0.25) is 0 Å². The van der Waals surface area contributed by atoms with Crippen LogP contribution < -0.4 is 0 Å². The fourth-order valence-corrected chi connectivity index (χ4v) is 2.03. The largest absolute Gasteiger partial charge is 0.478 e. The van der Waals surface area contributed by atoms with Crippen LogP contribution in [0.2, 0.25) is 0 Å². The highest BCUT2D eigenvalue weighted by Crippen LogP contribution is 2.24. The summed E-state index contributed by atoms with van der Waals surface area (Å²) in [5, 5.41) is 17.0. The molecule has 0 fully saturated rings. The Bertz CT molecular complexity index is 812. The molecule has 1 heterocycles. The minimum atomic E-state index is -1.00. The Labute approximate surface area is 128 Å². The predicted molar refractivity (Wildman–Crippen MR) is 81.6 cm³/mol. The van der Waals surface area contributed by atoms with Gasteiger partial charge < -0.3 is 9.52 Å². The van der Waals surface area contributed by atoms with Crippen molar-refractivity contribution in [1.82, 2.24) is 10.2 Å². The molecule has 0 aliphatic heterocycles. The van der Waals surface area contributed by atoms with Crippen molar-refractivity contribution in [2.24, 2.45) is 0 Å². The highest BCUT2D eigenvalue weighted by Gasteiger charge is 2.12. The van der Waals surface area contributed by atoms with Crippen molar-refractivity contribution in [1.29, 1.82) is 0 Å². The van der Waals surface area contributed by atoms with E-state index in [0.29, 0.717) is 17.8 Å². The van der Waals surface area contributed by atoms with Gasteiger partial charge in [-0.05, 0) is 30.3 Å². The second-order valence-corrected chi connectivity index (χ2v) is 4.70. The van der Waals surface area contributed by atoms with E-state index in [0.717, 1.165) is 11.1 Å². The lowest BCUT2D eigenvalue weighted by Crippen LogP contribution is -1.95. The Hall–Kier alpha value is -2.89. The van der Waals surface area contributed by atoms with E-state index in [-0.39, 0.29) is 11.5 Å². The number of hydrogen-bond acceptors (Lipinski definition) is 4. The Morgan fingerprint density at radius 3 is 2.36 bits per heavy atom. The number of carboxylic acids is 1. The predicted octanol–water partition coefficient (Wildman–Crippen LogP) is 2.77. The van der Waals surface area contributed by atoms with E-state index in [1.54, 1.807) is 12.1 Å². The summed E-state index contributed by atoms with van der Waals surface area (Å²) in [4.78, 5) is 11.0. The zero-order valence-electron chi connectivity index (χ0n) is 11.6. The standard InChI is InChI=1S/C16H11BN2O3/c17-9-10-4-6-11(7-5-10)14-18-19-15(22-14)12-2-1-3-13(8-12)16(20)21/h1-8H,9H2,(H,20,21). The Morgan fingerprint density at radius 1 is 1.05 bits per heavy atom. The number of benzene rings is 2. The average Bonchev–Trinajstić information content (AvgIpc) is 3.05. The average molecular weight is 290 g/mol. The molecule has 106 valence electrons. The van der Waals surface area contributed by atoms with Crippen molar-refractivity contribution in [2.45, 2.75) is 6.32 Å². The molecule has 0 atom stereocenters. The number of carboxylic acid groups (broad SMARTS) is 1. The fraction of sp³-hybridized carbons (Fsp3) is 0.0625. The molecule has 0 unspecified atom stereocenters. The SMILES string of the molecule is [B]Cc1ccc(-c2nnc(-c3cccc(C(=O)O)c3)o2)cc1. The van der Waals surface area contributed by atoms with Crippen LogP contribution in [-0.2, 0) is 6.32 Å². The third kappa shape index (κ3) is 2.76. The summed E-state index contributed by atoms with van der Waals surface area (Å²) in [6.07, 6.45) is 0.470. The molecule has 0 spiro atoms. The van der Waals surface area contributed by atoms with Gasteiger partial charge in [0.25, 0.3) is 0 Å². The minimum absolute atomic E-state index is 0.171. The maximum absolute atomic E-state index is 11.0.